The number of aromatic nitrogens is 6. The quantitative estimate of drug-likeness (QED) is 0.298. The zero-order chi connectivity index (χ0) is 29.6. The van der Waals surface area contributed by atoms with Gasteiger partial charge in [0.15, 0.2) is 11.3 Å². The van der Waals surface area contributed by atoms with E-state index in [9.17, 15) is 14.4 Å². The number of pyridine rings is 1. The van der Waals surface area contributed by atoms with Crippen molar-refractivity contribution in [3.8, 4) is 0 Å². The number of hydrogen-bond donors (Lipinski definition) is 2. The maximum absolute atomic E-state index is 13.6. The zero-order valence-corrected chi connectivity index (χ0v) is 23.7. The lowest BCUT2D eigenvalue weighted by molar-refractivity contribution is 0.00683. The molecule has 0 radical (unpaired) electrons. The van der Waals surface area contributed by atoms with Crippen LogP contribution in [0.3, 0.4) is 0 Å². The molecule has 0 aliphatic heterocycles. The zero-order valence-electron chi connectivity index (χ0n) is 23.7. The number of nitrogens with zero attached hydrogens (tertiary/aromatic N) is 6. The first kappa shape index (κ1) is 27.1. The van der Waals surface area contributed by atoms with Crippen molar-refractivity contribution in [2.75, 3.05) is 0 Å². The Morgan fingerprint density at radius 2 is 1.88 bits per heavy atom. The Kier molecular flexibility index (Phi) is 6.68. The Morgan fingerprint density at radius 3 is 2.69 bits per heavy atom. The van der Waals surface area contributed by atoms with Crippen LogP contribution in [0.5, 0.6) is 0 Å². The van der Waals surface area contributed by atoms with Crippen molar-refractivity contribution in [2.45, 2.75) is 58.7 Å². The lowest BCUT2D eigenvalue weighted by Crippen LogP contribution is -2.30. The molecule has 1 aromatic carbocycles. The second-order valence-corrected chi connectivity index (χ2v) is 11.3. The van der Waals surface area contributed by atoms with Crippen LogP contribution in [-0.2, 0) is 17.7 Å². The van der Waals surface area contributed by atoms with Gasteiger partial charge in [0.05, 0.1) is 17.8 Å². The second kappa shape index (κ2) is 10.4. The first-order valence-corrected chi connectivity index (χ1v) is 13.7. The number of amides is 2. The van der Waals surface area contributed by atoms with E-state index < -0.39 is 11.5 Å². The number of hydrogen-bond acceptors (Lipinski definition) is 8. The molecule has 5 aromatic rings. The number of ether oxygens (including phenoxy) is 1. The molecule has 6 rings (SSSR count). The SMILES string of the molecule is Cc1c(C(=O)OC(C)(C)C)ccc2c1CC[C@@H]2NC(=O)c1cc(C(=O)NCc2ccc3ncnn3c2)nc2ccnn12. The molecule has 2 N–H and O–H groups in total. The van der Waals surface area contributed by atoms with Gasteiger partial charge >= 0.3 is 5.97 Å². The third-order valence-corrected chi connectivity index (χ3v) is 7.23. The summed E-state index contributed by atoms with van der Waals surface area (Å²) < 4.78 is 8.61. The van der Waals surface area contributed by atoms with Gasteiger partial charge in [0.2, 0.25) is 0 Å². The van der Waals surface area contributed by atoms with Crippen molar-refractivity contribution in [2.24, 2.45) is 0 Å². The van der Waals surface area contributed by atoms with Gasteiger partial charge < -0.3 is 15.4 Å². The van der Waals surface area contributed by atoms with Crippen molar-refractivity contribution in [3.63, 3.8) is 0 Å². The standard InChI is InChI=1S/C30H30N8O4/c1-17-19-8-9-22(21(19)7-6-20(17)29(41)42-30(2,3)4)36-28(40)24-13-23(35-26-11-12-33-38(24)26)27(39)31-14-18-5-10-25-32-16-34-37(25)15-18/h5-7,10-13,15-16,22H,8-9,14H2,1-4H3,(H,31,39)(H,36,40)/t22-/m0/s1. The summed E-state index contributed by atoms with van der Waals surface area (Å²) in [6, 6.07) is 10.1. The summed E-state index contributed by atoms with van der Waals surface area (Å²) in [5, 5.41) is 14.3. The average Bonchev–Trinajstić information content (AvgIpc) is 3.70. The van der Waals surface area contributed by atoms with E-state index in [1.54, 1.807) is 22.8 Å². The van der Waals surface area contributed by atoms with Gasteiger partial charge in [-0.2, -0.15) is 10.2 Å². The normalized spacial score (nSPS) is 14.6. The first-order valence-electron chi connectivity index (χ1n) is 13.7. The smallest absolute Gasteiger partial charge is 0.338 e. The molecule has 42 heavy (non-hydrogen) atoms. The third-order valence-electron chi connectivity index (χ3n) is 7.23. The van der Waals surface area contributed by atoms with Crippen LogP contribution in [0.15, 0.2) is 55.1 Å². The Hall–Kier alpha value is -5.13. The number of fused-ring (bicyclic) bond motifs is 3. The second-order valence-electron chi connectivity index (χ2n) is 11.3. The first-order chi connectivity index (χ1) is 20.1. The van der Waals surface area contributed by atoms with E-state index in [0.717, 1.165) is 22.3 Å². The van der Waals surface area contributed by atoms with Gasteiger partial charge in [0, 0.05) is 24.9 Å². The van der Waals surface area contributed by atoms with Crippen molar-refractivity contribution in [1.82, 2.24) is 39.8 Å². The number of rotatable bonds is 6. The van der Waals surface area contributed by atoms with Gasteiger partial charge in [0.25, 0.3) is 11.8 Å². The summed E-state index contributed by atoms with van der Waals surface area (Å²) in [5.74, 6) is -1.18. The van der Waals surface area contributed by atoms with E-state index in [-0.39, 0.29) is 35.9 Å². The molecule has 0 saturated carbocycles. The summed E-state index contributed by atoms with van der Waals surface area (Å²) in [5.41, 5.74) is 4.98. The Labute approximate surface area is 241 Å². The van der Waals surface area contributed by atoms with Crippen LogP contribution in [0.25, 0.3) is 11.3 Å². The molecule has 1 aliphatic rings. The minimum atomic E-state index is -0.594. The van der Waals surface area contributed by atoms with Crippen molar-refractivity contribution in [3.05, 3.63) is 94.3 Å². The van der Waals surface area contributed by atoms with Crippen LogP contribution in [-0.4, -0.2) is 52.6 Å². The van der Waals surface area contributed by atoms with Crippen LogP contribution in [0.2, 0.25) is 0 Å². The van der Waals surface area contributed by atoms with Gasteiger partial charge in [0.1, 0.15) is 23.3 Å². The molecule has 4 aromatic heterocycles. The third kappa shape index (κ3) is 5.18. The molecule has 0 saturated heterocycles. The fourth-order valence-electron chi connectivity index (χ4n) is 5.24. The van der Waals surface area contributed by atoms with Crippen LogP contribution < -0.4 is 10.6 Å². The predicted molar refractivity (Wildman–Crippen MR) is 152 cm³/mol. The predicted octanol–water partition coefficient (Wildman–Crippen LogP) is 3.38. The number of benzene rings is 1. The van der Waals surface area contributed by atoms with E-state index >= 15 is 0 Å². The van der Waals surface area contributed by atoms with Gasteiger partial charge in [-0.05, 0) is 74.9 Å². The van der Waals surface area contributed by atoms with Crippen LogP contribution in [0.4, 0.5) is 0 Å². The summed E-state index contributed by atoms with van der Waals surface area (Å²) in [6.07, 6.45) is 6.16. The van der Waals surface area contributed by atoms with E-state index in [2.05, 4.69) is 30.8 Å². The number of esters is 1. The van der Waals surface area contributed by atoms with Crippen LogP contribution in [0, 0.1) is 6.92 Å². The maximum Gasteiger partial charge on any atom is 0.338 e. The highest BCUT2D eigenvalue weighted by molar-refractivity contribution is 5.98. The molecule has 0 spiro atoms. The molecule has 12 heteroatoms. The van der Waals surface area contributed by atoms with Crippen LogP contribution in [0.1, 0.15) is 86.8 Å². The fourth-order valence-corrected chi connectivity index (χ4v) is 5.24. The highest BCUT2D eigenvalue weighted by Gasteiger charge is 2.30. The Bertz CT molecular complexity index is 1870. The molecule has 0 bridgehead atoms. The molecule has 1 aliphatic carbocycles. The molecule has 12 nitrogen and oxygen atoms in total. The molecular weight excluding hydrogens is 536 g/mol. The lowest BCUT2D eigenvalue weighted by Gasteiger charge is -2.21. The molecule has 4 heterocycles. The lowest BCUT2D eigenvalue weighted by atomic mass is 9.97. The van der Waals surface area contributed by atoms with E-state index in [4.69, 9.17) is 4.74 Å². The topological polar surface area (TPSA) is 145 Å². The molecule has 1 atom stereocenters. The van der Waals surface area contributed by atoms with E-state index in [1.807, 2.05) is 45.9 Å². The molecule has 2 amide bonds. The number of nitrogens with one attached hydrogen (secondary N) is 2. The molecule has 0 fully saturated rings. The summed E-state index contributed by atoms with van der Waals surface area (Å²) in [4.78, 5) is 47.9. The Morgan fingerprint density at radius 1 is 1.05 bits per heavy atom. The van der Waals surface area contributed by atoms with Crippen LogP contribution >= 0.6 is 0 Å². The van der Waals surface area contributed by atoms with Crippen molar-refractivity contribution < 1.29 is 19.1 Å². The number of carbonyl (C=O) groups is 3. The van der Waals surface area contributed by atoms with Crippen molar-refractivity contribution >= 4 is 29.1 Å². The summed E-state index contributed by atoms with van der Waals surface area (Å²) in [6.45, 7) is 7.66. The molecular formula is C30H30N8O4. The maximum atomic E-state index is 13.6. The number of carbonyl (C=O) groups excluding carboxylic acids is 3. The van der Waals surface area contributed by atoms with Gasteiger partial charge in [-0.3, -0.25) is 9.59 Å². The summed E-state index contributed by atoms with van der Waals surface area (Å²) in [7, 11) is 0. The minimum Gasteiger partial charge on any atom is -0.456 e. The van der Waals surface area contributed by atoms with Gasteiger partial charge in [-0.1, -0.05) is 12.1 Å². The highest BCUT2D eigenvalue weighted by atomic mass is 16.6. The largest absolute Gasteiger partial charge is 0.456 e. The molecule has 214 valence electrons. The summed E-state index contributed by atoms with van der Waals surface area (Å²) >= 11 is 0. The monoisotopic (exact) mass is 566 g/mol. The fraction of sp³-hybridized carbons (Fsp3) is 0.300. The van der Waals surface area contributed by atoms with Gasteiger partial charge in [-0.25, -0.2) is 23.8 Å². The van der Waals surface area contributed by atoms with E-state index in [1.165, 1.54) is 23.1 Å². The van der Waals surface area contributed by atoms with Gasteiger partial charge in [-0.15, -0.1) is 0 Å². The average molecular weight is 567 g/mol. The Balaban J connectivity index is 1.20. The highest BCUT2D eigenvalue weighted by Crippen LogP contribution is 2.35. The van der Waals surface area contributed by atoms with E-state index in [0.29, 0.717) is 29.7 Å². The molecule has 0 unspecified atom stereocenters. The minimum absolute atomic E-state index is 0.0969. The van der Waals surface area contributed by atoms with Crippen molar-refractivity contribution in [1.29, 1.82) is 0 Å².